The molecule has 0 aromatic carbocycles. The van der Waals surface area contributed by atoms with E-state index in [4.69, 9.17) is 5.73 Å². The van der Waals surface area contributed by atoms with Crippen LogP contribution in [0.3, 0.4) is 0 Å². The van der Waals surface area contributed by atoms with Gasteiger partial charge in [0.05, 0.1) is 5.75 Å². The van der Waals surface area contributed by atoms with Crippen LogP contribution in [0, 0.1) is 5.92 Å². The lowest BCUT2D eigenvalue weighted by atomic mass is 9.91. The first-order valence-corrected chi connectivity index (χ1v) is 7.04. The van der Waals surface area contributed by atoms with Crippen LogP contribution in [0.5, 0.6) is 0 Å². The van der Waals surface area contributed by atoms with Gasteiger partial charge in [-0.1, -0.05) is 24.1 Å². The molecule has 1 amide bonds. The zero-order valence-electron chi connectivity index (χ0n) is 9.15. The van der Waals surface area contributed by atoms with E-state index in [1.165, 1.54) is 6.42 Å². The third-order valence-electron chi connectivity index (χ3n) is 2.58. The summed E-state index contributed by atoms with van der Waals surface area (Å²) in [5.74, 6) is -0.449. The topological polar surface area (TPSA) is 98.5 Å². The van der Waals surface area contributed by atoms with E-state index in [9.17, 15) is 13.2 Å². The molecule has 0 spiro atoms. The van der Waals surface area contributed by atoms with Crippen molar-refractivity contribution < 1.29 is 18.0 Å². The Morgan fingerprint density at radius 2 is 1.94 bits per heavy atom. The monoisotopic (exact) mass is 250 g/mol. The number of amides is 1. The van der Waals surface area contributed by atoms with Crippen molar-refractivity contribution in [2.24, 2.45) is 11.7 Å². The Morgan fingerprint density at radius 3 is 2.50 bits per heavy atom. The summed E-state index contributed by atoms with van der Waals surface area (Å²) in [7, 11) is -3.46. The summed E-state index contributed by atoms with van der Waals surface area (Å²) < 4.78 is 23.0. The molecule has 0 aromatic heterocycles. The summed E-state index contributed by atoms with van der Waals surface area (Å²) in [6.07, 6.45) is 5.24. The van der Waals surface area contributed by atoms with Gasteiger partial charge in [-0.15, -0.1) is 0 Å². The zero-order chi connectivity index (χ0) is 12.0. The number of rotatable bonds is 6. The summed E-state index contributed by atoms with van der Waals surface area (Å²) in [5.41, 5.74) is 4.81. The molecule has 0 saturated heterocycles. The summed E-state index contributed by atoms with van der Waals surface area (Å²) in [5, 5.41) is 0. The third-order valence-corrected chi connectivity index (χ3v) is 3.86. The van der Waals surface area contributed by atoms with Crippen LogP contribution in [0.2, 0.25) is 0 Å². The standard InChI is InChI=1S/C9H18N2O4S/c10-9(12)6-15-11-16(13,14)7-8-4-2-1-3-5-8/h8,11H,1-7H2,(H2,10,12). The molecule has 1 rings (SSSR count). The van der Waals surface area contributed by atoms with Gasteiger partial charge in [0.15, 0.2) is 0 Å². The molecule has 16 heavy (non-hydrogen) atoms. The molecule has 0 unspecified atom stereocenters. The van der Waals surface area contributed by atoms with E-state index < -0.39 is 22.5 Å². The molecule has 0 bridgehead atoms. The molecule has 0 heterocycles. The van der Waals surface area contributed by atoms with Gasteiger partial charge in [-0.2, -0.15) is 0 Å². The smallest absolute Gasteiger partial charge is 0.245 e. The van der Waals surface area contributed by atoms with Crippen molar-refractivity contribution >= 4 is 15.9 Å². The number of hydrogen-bond donors (Lipinski definition) is 2. The Hall–Kier alpha value is -0.660. The summed E-state index contributed by atoms with van der Waals surface area (Å²) in [4.78, 5) is 16.7. The molecule has 1 aliphatic rings. The van der Waals surface area contributed by atoms with Gasteiger partial charge in [-0.3, -0.25) is 9.63 Å². The van der Waals surface area contributed by atoms with Gasteiger partial charge in [0.2, 0.25) is 15.9 Å². The summed E-state index contributed by atoms with van der Waals surface area (Å²) in [6.45, 7) is -0.441. The van der Waals surface area contributed by atoms with Crippen LogP contribution in [0.25, 0.3) is 0 Å². The van der Waals surface area contributed by atoms with Crippen LogP contribution >= 0.6 is 0 Å². The van der Waals surface area contributed by atoms with E-state index in [0.29, 0.717) is 0 Å². The highest BCUT2D eigenvalue weighted by molar-refractivity contribution is 7.89. The van der Waals surface area contributed by atoms with Crippen LogP contribution in [-0.4, -0.2) is 26.7 Å². The molecule has 3 N–H and O–H groups in total. The van der Waals surface area contributed by atoms with Gasteiger partial charge in [0, 0.05) is 0 Å². The second-order valence-electron chi connectivity index (χ2n) is 4.12. The van der Waals surface area contributed by atoms with Crippen LogP contribution in [0.1, 0.15) is 32.1 Å². The minimum atomic E-state index is -3.46. The van der Waals surface area contributed by atoms with Gasteiger partial charge in [0.1, 0.15) is 6.61 Å². The average Bonchev–Trinajstić information content (AvgIpc) is 2.17. The van der Waals surface area contributed by atoms with Gasteiger partial charge >= 0.3 is 0 Å². The van der Waals surface area contributed by atoms with Crippen LogP contribution in [-0.2, 0) is 19.7 Å². The first-order chi connectivity index (χ1) is 7.49. The summed E-state index contributed by atoms with van der Waals surface area (Å²) >= 11 is 0. The van der Waals surface area contributed by atoms with E-state index in [0.717, 1.165) is 25.7 Å². The number of hydrogen-bond acceptors (Lipinski definition) is 4. The van der Waals surface area contributed by atoms with E-state index in [2.05, 4.69) is 4.84 Å². The number of carbonyl (C=O) groups excluding carboxylic acids is 1. The SMILES string of the molecule is NC(=O)CONS(=O)(=O)CC1CCCCC1. The van der Waals surface area contributed by atoms with Crippen molar-refractivity contribution in [3.8, 4) is 0 Å². The van der Waals surface area contributed by atoms with E-state index in [-0.39, 0.29) is 11.7 Å². The first kappa shape index (κ1) is 13.4. The van der Waals surface area contributed by atoms with Crippen molar-refractivity contribution in [2.45, 2.75) is 32.1 Å². The van der Waals surface area contributed by atoms with Gasteiger partial charge in [-0.05, 0) is 18.8 Å². The van der Waals surface area contributed by atoms with E-state index in [1.807, 2.05) is 4.89 Å². The molecule has 0 radical (unpaired) electrons. The fraction of sp³-hybridized carbons (Fsp3) is 0.889. The maximum absolute atomic E-state index is 11.5. The van der Waals surface area contributed by atoms with Gasteiger partial charge in [0.25, 0.3) is 0 Å². The molecule has 7 heteroatoms. The van der Waals surface area contributed by atoms with Crippen molar-refractivity contribution in [1.29, 1.82) is 0 Å². The normalized spacial score (nSPS) is 18.5. The number of nitrogens with two attached hydrogens (primary N) is 1. The molecular formula is C9H18N2O4S. The fourth-order valence-corrected chi connectivity index (χ4v) is 3.15. The Kier molecular flexibility index (Phi) is 5.17. The Labute approximate surface area is 95.5 Å². The van der Waals surface area contributed by atoms with Crippen molar-refractivity contribution in [3.63, 3.8) is 0 Å². The second kappa shape index (κ2) is 6.17. The van der Waals surface area contributed by atoms with Crippen LogP contribution in [0.4, 0.5) is 0 Å². The third kappa shape index (κ3) is 5.43. The number of primary amides is 1. The number of carbonyl (C=O) groups is 1. The van der Waals surface area contributed by atoms with Crippen LogP contribution in [0.15, 0.2) is 0 Å². The molecule has 0 aliphatic heterocycles. The lowest BCUT2D eigenvalue weighted by Gasteiger charge is -2.21. The molecular weight excluding hydrogens is 232 g/mol. The zero-order valence-corrected chi connectivity index (χ0v) is 9.96. The average molecular weight is 250 g/mol. The van der Waals surface area contributed by atoms with Crippen molar-refractivity contribution in [2.75, 3.05) is 12.4 Å². The highest BCUT2D eigenvalue weighted by Crippen LogP contribution is 2.24. The Balaban J connectivity index is 2.29. The molecule has 1 saturated carbocycles. The molecule has 0 aromatic rings. The molecule has 1 aliphatic carbocycles. The van der Waals surface area contributed by atoms with E-state index in [1.54, 1.807) is 0 Å². The van der Waals surface area contributed by atoms with E-state index >= 15 is 0 Å². The minimum absolute atomic E-state index is 0.0613. The molecule has 6 nitrogen and oxygen atoms in total. The maximum atomic E-state index is 11.5. The first-order valence-electron chi connectivity index (χ1n) is 5.39. The lowest BCUT2D eigenvalue weighted by Crippen LogP contribution is -2.33. The molecule has 94 valence electrons. The van der Waals surface area contributed by atoms with Gasteiger partial charge in [-0.25, -0.2) is 8.42 Å². The number of sulfonamides is 1. The highest BCUT2D eigenvalue weighted by Gasteiger charge is 2.21. The Morgan fingerprint density at radius 1 is 1.31 bits per heavy atom. The fourth-order valence-electron chi connectivity index (χ4n) is 1.89. The minimum Gasteiger partial charge on any atom is -0.368 e. The predicted molar refractivity (Wildman–Crippen MR) is 58.6 cm³/mol. The molecule has 0 atom stereocenters. The lowest BCUT2D eigenvalue weighted by molar-refractivity contribution is -0.123. The number of nitrogens with one attached hydrogen (secondary N) is 1. The molecule has 1 fully saturated rings. The van der Waals surface area contributed by atoms with Crippen LogP contribution < -0.4 is 10.6 Å². The van der Waals surface area contributed by atoms with Crippen molar-refractivity contribution in [3.05, 3.63) is 0 Å². The predicted octanol–water partition coefficient (Wildman–Crippen LogP) is -0.0970. The quantitative estimate of drug-likeness (QED) is 0.643. The maximum Gasteiger partial charge on any atom is 0.245 e. The highest BCUT2D eigenvalue weighted by atomic mass is 32.2. The van der Waals surface area contributed by atoms with Gasteiger partial charge < -0.3 is 5.73 Å². The Bertz CT molecular complexity index is 322. The largest absolute Gasteiger partial charge is 0.368 e. The second-order valence-corrected chi connectivity index (χ2v) is 5.85. The van der Waals surface area contributed by atoms with Crippen molar-refractivity contribution in [1.82, 2.24) is 4.89 Å². The summed E-state index contributed by atoms with van der Waals surface area (Å²) in [6, 6.07) is 0.